The summed E-state index contributed by atoms with van der Waals surface area (Å²) in [5, 5.41) is 3.06. The minimum absolute atomic E-state index is 0.0502. The molecule has 202 valence electrons. The van der Waals surface area contributed by atoms with Crippen LogP contribution in [0, 0.1) is 6.92 Å². The molecular formula is C28H32ClN3O4S2. The quantitative estimate of drug-likeness (QED) is 0.322. The first-order valence-corrected chi connectivity index (χ1v) is 15.1. The molecule has 0 aliphatic carbocycles. The van der Waals surface area contributed by atoms with Crippen LogP contribution in [0.2, 0.25) is 5.02 Å². The SMILES string of the molecule is CC[C@@H](C(=O)NC)N(Cc1ccccc1Cl)C(=O)CN(c1ccc(C)cc1)S(=O)(=O)c1ccc(SC)cc1. The number of carbonyl (C=O) groups is 2. The van der Waals surface area contributed by atoms with Crippen molar-refractivity contribution >= 4 is 50.9 Å². The molecule has 3 aromatic rings. The van der Waals surface area contributed by atoms with Gasteiger partial charge in [-0.2, -0.15) is 0 Å². The Morgan fingerprint density at radius 1 is 1.00 bits per heavy atom. The Bertz CT molecular complexity index is 1360. The lowest BCUT2D eigenvalue weighted by Gasteiger charge is -2.33. The van der Waals surface area contributed by atoms with E-state index in [-0.39, 0.29) is 17.3 Å². The molecule has 0 heterocycles. The van der Waals surface area contributed by atoms with E-state index in [0.29, 0.717) is 22.7 Å². The van der Waals surface area contributed by atoms with Crippen molar-refractivity contribution in [1.29, 1.82) is 0 Å². The van der Waals surface area contributed by atoms with Gasteiger partial charge >= 0.3 is 0 Å². The van der Waals surface area contributed by atoms with Gasteiger partial charge in [0.05, 0.1) is 10.6 Å². The fraction of sp³-hybridized carbons (Fsp3) is 0.286. The molecule has 0 saturated heterocycles. The van der Waals surface area contributed by atoms with Crippen LogP contribution < -0.4 is 9.62 Å². The van der Waals surface area contributed by atoms with Crippen LogP contribution in [0.25, 0.3) is 0 Å². The van der Waals surface area contributed by atoms with Crippen LogP contribution in [-0.4, -0.2) is 51.0 Å². The average Bonchev–Trinajstić information content (AvgIpc) is 2.92. The summed E-state index contributed by atoms with van der Waals surface area (Å²) in [5.74, 6) is -0.865. The summed E-state index contributed by atoms with van der Waals surface area (Å²) in [6.07, 6.45) is 2.24. The number of nitrogens with one attached hydrogen (secondary N) is 1. The highest BCUT2D eigenvalue weighted by Crippen LogP contribution is 2.27. The zero-order valence-electron chi connectivity index (χ0n) is 21.8. The van der Waals surface area contributed by atoms with E-state index < -0.39 is 28.5 Å². The van der Waals surface area contributed by atoms with Crippen molar-refractivity contribution in [3.05, 3.63) is 88.9 Å². The van der Waals surface area contributed by atoms with Crippen molar-refractivity contribution in [2.24, 2.45) is 0 Å². The number of hydrogen-bond acceptors (Lipinski definition) is 5. The molecule has 0 saturated carbocycles. The number of rotatable bonds is 11. The number of thioether (sulfide) groups is 1. The molecule has 1 atom stereocenters. The molecule has 0 unspecified atom stereocenters. The highest BCUT2D eigenvalue weighted by atomic mass is 35.5. The molecule has 0 bridgehead atoms. The third-order valence-corrected chi connectivity index (χ3v) is 9.08. The number of nitrogens with zero attached hydrogens (tertiary/aromatic N) is 2. The minimum Gasteiger partial charge on any atom is -0.357 e. The Morgan fingerprint density at radius 3 is 2.18 bits per heavy atom. The molecular weight excluding hydrogens is 542 g/mol. The van der Waals surface area contributed by atoms with Crippen molar-refractivity contribution in [3.63, 3.8) is 0 Å². The second kappa shape index (κ2) is 13.2. The first-order valence-electron chi connectivity index (χ1n) is 12.1. The summed E-state index contributed by atoms with van der Waals surface area (Å²) < 4.78 is 28.8. The van der Waals surface area contributed by atoms with Gasteiger partial charge < -0.3 is 10.2 Å². The molecule has 3 aromatic carbocycles. The van der Waals surface area contributed by atoms with E-state index in [0.717, 1.165) is 14.8 Å². The van der Waals surface area contributed by atoms with Gasteiger partial charge in [-0.3, -0.25) is 13.9 Å². The van der Waals surface area contributed by atoms with E-state index in [9.17, 15) is 18.0 Å². The molecule has 0 aromatic heterocycles. The second-order valence-corrected chi connectivity index (χ2v) is 11.8. The van der Waals surface area contributed by atoms with Crippen LogP contribution in [0.1, 0.15) is 24.5 Å². The molecule has 0 aliphatic heterocycles. The largest absolute Gasteiger partial charge is 0.357 e. The summed E-state index contributed by atoms with van der Waals surface area (Å²) in [4.78, 5) is 29.1. The number of carbonyl (C=O) groups excluding carboxylic acids is 2. The molecule has 38 heavy (non-hydrogen) atoms. The molecule has 2 amide bonds. The third-order valence-electron chi connectivity index (χ3n) is 6.18. The lowest BCUT2D eigenvalue weighted by molar-refractivity contribution is -0.140. The molecule has 0 aliphatic rings. The van der Waals surface area contributed by atoms with Crippen molar-refractivity contribution in [2.75, 3.05) is 24.2 Å². The van der Waals surface area contributed by atoms with Gasteiger partial charge in [0, 0.05) is 23.5 Å². The number of halogens is 1. The van der Waals surface area contributed by atoms with Crippen LogP contribution in [0.3, 0.4) is 0 Å². The molecule has 7 nitrogen and oxygen atoms in total. The summed E-state index contributed by atoms with van der Waals surface area (Å²) >= 11 is 7.89. The Morgan fingerprint density at radius 2 is 1.63 bits per heavy atom. The van der Waals surface area contributed by atoms with Gasteiger partial charge in [0.1, 0.15) is 12.6 Å². The molecule has 0 spiro atoms. The third kappa shape index (κ3) is 6.89. The molecule has 10 heteroatoms. The number of amides is 2. The summed E-state index contributed by atoms with van der Waals surface area (Å²) in [5.41, 5.74) is 1.96. The van der Waals surface area contributed by atoms with Gasteiger partial charge in [0.25, 0.3) is 10.0 Å². The number of likely N-dealkylation sites (N-methyl/N-ethyl adjacent to an activating group) is 1. The second-order valence-electron chi connectivity index (χ2n) is 8.67. The van der Waals surface area contributed by atoms with Crippen LogP contribution in [0.4, 0.5) is 5.69 Å². The minimum atomic E-state index is -4.11. The van der Waals surface area contributed by atoms with Crippen LogP contribution in [0.15, 0.2) is 82.6 Å². The molecule has 0 fully saturated rings. The number of aryl methyl sites for hydroxylation is 1. The monoisotopic (exact) mass is 573 g/mol. The van der Waals surface area contributed by atoms with E-state index in [2.05, 4.69) is 5.32 Å². The van der Waals surface area contributed by atoms with E-state index in [1.54, 1.807) is 67.6 Å². The number of sulfonamides is 1. The van der Waals surface area contributed by atoms with Crippen LogP contribution >= 0.6 is 23.4 Å². The van der Waals surface area contributed by atoms with Crippen molar-refractivity contribution in [3.8, 4) is 0 Å². The smallest absolute Gasteiger partial charge is 0.264 e. The average molecular weight is 574 g/mol. The lowest BCUT2D eigenvalue weighted by atomic mass is 10.1. The predicted molar refractivity (Wildman–Crippen MR) is 154 cm³/mol. The standard InChI is InChI=1S/C28H32ClN3O4S2/c1-5-26(28(34)30-3)31(18-21-8-6-7-9-25(21)29)27(33)19-32(22-12-10-20(2)11-13-22)38(35,36)24-16-14-23(37-4)15-17-24/h6-17,26H,5,18-19H2,1-4H3,(H,30,34)/t26-/m0/s1. The van der Waals surface area contributed by atoms with Crippen molar-refractivity contribution < 1.29 is 18.0 Å². The van der Waals surface area contributed by atoms with Crippen LogP contribution in [-0.2, 0) is 26.2 Å². The lowest BCUT2D eigenvalue weighted by Crippen LogP contribution is -2.51. The summed E-state index contributed by atoms with van der Waals surface area (Å²) in [6, 6.07) is 19.7. The first kappa shape index (κ1) is 29.5. The Labute approximate surface area is 234 Å². The molecule has 3 rings (SSSR count). The van der Waals surface area contributed by atoms with E-state index >= 15 is 0 Å². The highest BCUT2D eigenvalue weighted by molar-refractivity contribution is 7.98. The zero-order chi connectivity index (χ0) is 27.9. The van der Waals surface area contributed by atoms with E-state index in [4.69, 9.17) is 11.6 Å². The molecule has 1 N–H and O–H groups in total. The maximum atomic E-state index is 13.9. The molecule has 0 radical (unpaired) electrons. The van der Waals surface area contributed by atoms with Gasteiger partial charge in [0.15, 0.2) is 0 Å². The Hall–Kier alpha value is -3.01. The maximum absolute atomic E-state index is 13.9. The van der Waals surface area contributed by atoms with Crippen molar-refractivity contribution in [2.45, 2.75) is 42.6 Å². The maximum Gasteiger partial charge on any atom is 0.264 e. The van der Waals surface area contributed by atoms with Gasteiger partial charge in [0.2, 0.25) is 11.8 Å². The van der Waals surface area contributed by atoms with Crippen LogP contribution in [0.5, 0.6) is 0 Å². The van der Waals surface area contributed by atoms with Gasteiger partial charge in [-0.25, -0.2) is 8.42 Å². The number of anilines is 1. The predicted octanol–water partition coefficient (Wildman–Crippen LogP) is 5.12. The Balaban J connectivity index is 2.06. The summed E-state index contributed by atoms with van der Waals surface area (Å²) in [6.45, 7) is 3.26. The van der Waals surface area contributed by atoms with Gasteiger partial charge in [-0.15, -0.1) is 11.8 Å². The fourth-order valence-corrected chi connectivity index (χ4v) is 6.03. The topological polar surface area (TPSA) is 86.8 Å². The van der Waals surface area contributed by atoms with Crippen molar-refractivity contribution in [1.82, 2.24) is 10.2 Å². The highest BCUT2D eigenvalue weighted by Gasteiger charge is 2.33. The first-order chi connectivity index (χ1) is 18.1. The zero-order valence-corrected chi connectivity index (χ0v) is 24.2. The van der Waals surface area contributed by atoms with E-state index in [1.165, 1.54) is 35.8 Å². The van der Waals surface area contributed by atoms with E-state index in [1.807, 2.05) is 13.2 Å². The number of hydrogen-bond donors (Lipinski definition) is 1. The normalized spacial score (nSPS) is 12.0. The fourth-order valence-electron chi connectivity index (χ4n) is 4.01. The van der Waals surface area contributed by atoms with Gasteiger partial charge in [-0.05, 0) is 67.6 Å². The summed E-state index contributed by atoms with van der Waals surface area (Å²) in [7, 11) is -2.61. The Kier molecular flexibility index (Phi) is 10.2. The van der Waals surface area contributed by atoms with Gasteiger partial charge in [-0.1, -0.05) is 54.4 Å². The number of benzene rings is 3.